The molecule has 88 valence electrons. The fourth-order valence-corrected chi connectivity index (χ4v) is 2.26. The number of rotatable bonds is 4. The van der Waals surface area contributed by atoms with E-state index in [4.69, 9.17) is 4.74 Å². The first-order valence-corrected chi connectivity index (χ1v) is 5.85. The van der Waals surface area contributed by atoms with Gasteiger partial charge in [-0.2, -0.15) is 0 Å². The standard InChI is InChI=1S/C12H18N2O2/c1-3-5-9-8-13-10(14-9)12(6-4-7-12)11(15)16-2/h8H,3-7H2,1-2H3,(H,13,14). The third-order valence-electron chi connectivity index (χ3n) is 3.38. The van der Waals surface area contributed by atoms with Gasteiger partial charge < -0.3 is 9.72 Å². The minimum Gasteiger partial charge on any atom is -0.468 e. The topological polar surface area (TPSA) is 55.0 Å². The largest absolute Gasteiger partial charge is 0.468 e. The highest BCUT2D eigenvalue weighted by Gasteiger charge is 2.49. The molecule has 1 N–H and O–H groups in total. The van der Waals surface area contributed by atoms with Gasteiger partial charge in [0.15, 0.2) is 0 Å². The molecule has 0 aliphatic heterocycles. The van der Waals surface area contributed by atoms with E-state index in [9.17, 15) is 4.79 Å². The van der Waals surface area contributed by atoms with E-state index in [1.165, 1.54) is 7.11 Å². The number of aryl methyl sites for hydroxylation is 1. The molecular weight excluding hydrogens is 204 g/mol. The van der Waals surface area contributed by atoms with Gasteiger partial charge in [-0.25, -0.2) is 4.98 Å². The van der Waals surface area contributed by atoms with Crippen LogP contribution in [0.1, 0.15) is 44.1 Å². The molecular formula is C12H18N2O2. The summed E-state index contributed by atoms with van der Waals surface area (Å²) in [6.07, 6.45) is 6.65. The summed E-state index contributed by atoms with van der Waals surface area (Å²) in [4.78, 5) is 19.4. The van der Waals surface area contributed by atoms with Crippen LogP contribution in [-0.4, -0.2) is 23.0 Å². The van der Waals surface area contributed by atoms with Crippen molar-refractivity contribution >= 4 is 5.97 Å². The van der Waals surface area contributed by atoms with Gasteiger partial charge in [-0.15, -0.1) is 0 Å². The number of aromatic nitrogens is 2. The van der Waals surface area contributed by atoms with E-state index >= 15 is 0 Å². The normalized spacial score (nSPS) is 17.9. The second-order valence-corrected chi connectivity index (χ2v) is 4.43. The number of methoxy groups -OCH3 is 1. The molecule has 0 aromatic carbocycles. The molecule has 0 radical (unpaired) electrons. The summed E-state index contributed by atoms with van der Waals surface area (Å²) in [5, 5.41) is 0. The summed E-state index contributed by atoms with van der Waals surface area (Å²) in [5.74, 6) is 0.630. The lowest BCUT2D eigenvalue weighted by Crippen LogP contribution is -2.44. The SMILES string of the molecule is CCCc1cnc(C2(C(=O)OC)CCC2)[nH]1. The van der Waals surface area contributed by atoms with E-state index in [0.29, 0.717) is 0 Å². The first-order chi connectivity index (χ1) is 7.73. The van der Waals surface area contributed by atoms with Crippen molar-refractivity contribution in [3.05, 3.63) is 17.7 Å². The second-order valence-electron chi connectivity index (χ2n) is 4.43. The van der Waals surface area contributed by atoms with Crippen molar-refractivity contribution < 1.29 is 9.53 Å². The Morgan fingerprint density at radius 2 is 2.38 bits per heavy atom. The van der Waals surface area contributed by atoms with E-state index in [2.05, 4.69) is 16.9 Å². The van der Waals surface area contributed by atoms with Crippen molar-refractivity contribution in [2.45, 2.75) is 44.4 Å². The van der Waals surface area contributed by atoms with Crippen LogP contribution in [0.2, 0.25) is 0 Å². The average molecular weight is 222 g/mol. The van der Waals surface area contributed by atoms with Crippen molar-refractivity contribution in [3.8, 4) is 0 Å². The molecule has 0 saturated heterocycles. The number of hydrogen-bond donors (Lipinski definition) is 1. The van der Waals surface area contributed by atoms with Crippen LogP contribution in [-0.2, 0) is 21.4 Å². The van der Waals surface area contributed by atoms with Gasteiger partial charge in [0.25, 0.3) is 0 Å². The van der Waals surface area contributed by atoms with Crippen LogP contribution in [0, 0.1) is 0 Å². The minimum absolute atomic E-state index is 0.156. The van der Waals surface area contributed by atoms with Crippen LogP contribution in [0.5, 0.6) is 0 Å². The third kappa shape index (κ3) is 1.62. The summed E-state index contributed by atoms with van der Waals surface area (Å²) < 4.78 is 4.88. The second kappa shape index (κ2) is 4.28. The van der Waals surface area contributed by atoms with Gasteiger partial charge in [-0.1, -0.05) is 19.8 Å². The predicted molar refractivity (Wildman–Crippen MR) is 60.1 cm³/mol. The van der Waals surface area contributed by atoms with E-state index in [0.717, 1.165) is 43.6 Å². The fraction of sp³-hybridized carbons (Fsp3) is 0.667. The molecule has 4 heteroatoms. The van der Waals surface area contributed by atoms with Crippen LogP contribution in [0.25, 0.3) is 0 Å². The molecule has 1 aromatic heterocycles. The quantitative estimate of drug-likeness (QED) is 0.792. The van der Waals surface area contributed by atoms with E-state index in [-0.39, 0.29) is 5.97 Å². The molecule has 1 fully saturated rings. The lowest BCUT2D eigenvalue weighted by molar-refractivity contribution is -0.151. The highest BCUT2D eigenvalue weighted by Crippen LogP contribution is 2.43. The summed E-state index contributed by atoms with van der Waals surface area (Å²) in [6, 6.07) is 0. The summed E-state index contributed by atoms with van der Waals surface area (Å²) in [7, 11) is 1.44. The highest BCUT2D eigenvalue weighted by atomic mass is 16.5. The molecule has 1 heterocycles. The average Bonchev–Trinajstić information content (AvgIpc) is 2.65. The molecule has 0 atom stereocenters. The predicted octanol–water partition coefficient (Wildman–Crippen LogP) is 1.96. The Labute approximate surface area is 95.4 Å². The van der Waals surface area contributed by atoms with E-state index < -0.39 is 5.41 Å². The van der Waals surface area contributed by atoms with Gasteiger partial charge in [0.2, 0.25) is 0 Å². The summed E-state index contributed by atoms with van der Waals surface area (Å²) >= 11 is 0. The molecule has 0 bridgehead atoms. The van der Waals surface area contributed by atoms with Crippen molar-refractivity contribution in [2.75, 3.05) is 7.11 Å². The Morgan fingerprint density at radius 3 is 2.88 bits per heavy atom. The number of H-pyrrole nitrogens is 1. The van der Waals surface area contributed by atoms with Gasteiger partial charge >= 0.3 is 5.97 Å². The van der Waals surface area contributed by atoms with Crippen LogP contribution in [0.15, 0.2) is 6.20 Å². The summed E-state index contributed by atoms with van der Waals surface area (Å²) in [5.41, 5.74) is 0.619. The fourth-order valence-electron chi connectivity index (χ4n) is 2.26. The number of aromatic amines is 1. The van der Waals surface area contributed by atoms with Gasteiger partial charge in [-0.3, -0.25) is 4.79 Å². The number of nitrogens with zero attached hydrogens (tertiary/aromatic N) is 1. The molecule has 1 aromatic rings. The third-order valence-corrected chi connectivity index (χ3v) is 3.38. The van der Waals surface area contributed by atoms with Crippen molar-refractivity contribution in [2.24, 2.45) is 0 Å². The zero-order chi connectivity index (χ0) is 11.6. The van der Waals surface area contributed by atoms with Crippen molar-refractivity contribution in [1.29, 1.82) is 0 Å². The smallest absolute Gasteiger partial charge is 0.319 e. The zero-order valence-corrected chi connectivity index (χ0v) is 9.88. The lowest BCUT2D eigenvalue weighted by atomic mass is 9.68. The maximum Gasteiger partial charge on any atom is 0.319 e. The molecule has 2 rings (SSSR count). The molecule has 1 saturated carbocycles. The van der Waals surface area contributed by atoms with Crippen LogP contribution in [0.4, 0.5) is 0 Å². The molecule has 0 amide bonds. The van der Waals surface area contributed by atoms with Crippen LogP contribution in [0.3, 0.4) is 0 Å². The van der Waals surface area contributed by atoms with Crippen LogP contribution < -0.4 is 0 Å². The van der Waals surface area contributed by atoms with E-state index in [1.54, 1.807) is 0 Å². The molecule has 1 aliphatic rings. The number of hydrogen-bond acceptors (Lipinski definition) is 3. The Bertz CT molecular complexity index is 380. The first kappa shape index (κ1) is 11.2. The summed E-state index contributed by atoms with van der Waals surface area (Å²) in [6.45, 7) is 2.12. The highest BCUT2D eigenvalue weighted by molar-refractivity contribution is 5.83. The van der Waals surface area contributed by atoms with Crippen molar-refractivity contribution in [3.63, 3.8) is 0 Å². The lowest BCUT2D eigenvalue weighted by Gasteiger charge is -2.36. The Kier molecular flexibility index (Phi) is 2.99. The van der Waals surface area contributed by atoms with Gasteiger partial charge in [0.1, 0.15) is 11.2 Å². The van der Waals surface area contributed by atoms with Gasteiger partial charge in [0.05, 0.1) is 7.11 Å². The van der Waals surface area contributed by atoms with E-state index in [1.807, 2.05) is 6.20 Å². The zero-order valence-electron chi connectivity index (χ0n) is 9.88. The molecule has 0 spiro atoms. The molecule has 16 heavy (non-hydrogen) atoms. The Balaban J connectivity index is 2.23. The van der Waals surface area contributed by atoms with Crippen molar-refractivity contribution in [1.82, 2.24) is 9.97 Å². The maximum atomic E-state index is 11.8. The number of nitrogens with one attached hydrogen (secondary N) is 1. The number of esters is 1. The van der Waals surface area contributed by atoms with Gasteiger partial charge in [-0.05, 0) is 19.3 Å². The number of carbonyl (C=O) groups excluding carboxylic acids is 1. The van der Waals surface area contributed by atoms with Gasteiger partial charge in [0, 0.05) is 11.9 Å². The Morgan fingerprint density at radius 1 is 1.62 bits per heavy atom. The number of carbonyl (C=O) groups is 1. The number of ether oxygens (including phenoxy) is 1. The first-order valence-electron chi connectivity index (χ1n) is 5.85. The number of imidazole rings is 1. The molecule has 1 aliphatic carbocycles. The minimum atomic E-state index is -0.485. The monoisotopic (exact) mass is 222 g/mol. The maximum absolute atomic E-state index is 11.8. The molecule has 4 nitrogen and oxygen atoms in total. The van der Waals surface area contributed by atoms with Crippen LogP contribution >= 0.6 is 0 Å². The Hall–Kier alpha value is -1.32. The molecule has 0 unspecified atom stereocenters.